The lowest BCUT2D eigenvalue weighted by Crippen LogP contribution is -2.37. The summed E-state index contributed by atoms with van der Waals surface area (Å²) in [6, 6.07) is 0. The molecule has 3 heterocycles. The molecule has 2 aromatic rings. The fraction of sp³-hybridized carbons (Fsp3) is 0.364. The van der Waals surface area contributed by atoms with Crippen molar-refractivity contribution >= 4 is 11.5 Å². The third-order valence-corrected chi connectivity index (χ3v) is 2.90. The van der Waals surface area contributed by atoms with Crippen molar-refractivity contribution in [2.24, 2.45) is 0 Å². The van der Waals surface area contributed by atoms with E-state index in [0.29, 0.717) is 24.7 Å². The van der Waals surface area contributed by atoms with E-state index in [1.807, 2.05) is 6.20 Å². The average Bonchev–Trinajstić information content (AvgIpc) is 2.94. The van der Waals surface area contributed by atoms with Crippen LogP contribution in [0.15, 0.2) is 25.0 Å². The lowest BCUT2D eigenvalue weighted by molar-refractivity contribution is 0.122. The second-order valence-corrected chi connectivity index (χ2v) is 4.00. The standard InChI is InChI=1S/C11H14N6O/c12-9-10(16-3-5-18-6-4-16)14-7-15-11(9)17-2-1-13-8-17/h1-2,7-8H,3-6,12H2. The van der Waals surface area contributed by atoms with Crippen molar-refractivity contribution in [2.45, 2.75) is 0 Å². The molecular weight excluding hydrogens is 232 g/mol. The van der Waals surface area contributed by atoms with E-state index in [4.69, 9.17) is 10.5 Å². The summed E-state index contributed by atoms with van der Waals surface area (Å²) in [7, 11) is 0. The van der Waals surface area contributed by atoms with Gasteiger partial charge in [-0.25, -0.2) is 15.0 Å². The van der Waals surface area contributed by atoms with Crippen LogP contribution < -0.4 is 10.6 Å². The summed E-state index contributed by atoms with van der Waals surface area (Å²) < 4.78 is 7.10. The fourth-order valence-electron chi connectivity index (χ4n) is 1.99. The minimum atomic E-state index is 0.567. The Kier molecular flexibility index (Phi) is 2.81. The first kappa shape index (κ1) is 11.0. The Balaban J connectivity index is 1.98. The molecule has 0 saturated carbocycles. The first-order chi connectivity index (χ1) is 8.86. The number of hydrogen-bond donors (Lipinski definition) is 1. The molecule has 0 aliphatic carbocycles. The normalized spacial score (nSPS) is 15.9. The molecule has 1 aliphatic heterocycles. The van der Waals surface area contributed by atoms with Gasteiger partial charge in [0.1, 0.15) is 18.3 Å². The highest BCUT2D eigenvalue weighted by Crippen LogP contribution is 2.25. The Morgan fingerprint density at radius 3 is 2.67 bits per heavy atom. The first-order valence-corrected chi connectivity index (χ1v) is 5.78. The van der Waals surface area contributed by atoms with Crippen LogP contribution in [-0.2, 0) is 4.74 Å². The van der Waals surface area contributed by atoms with Gasteiger partial charge >= 0.3 is 0 Å². The van der Waals surface area contributed by atoms with E-state index in [0.717, 1.165) is 18.9 Å². The monoisotopic (exact) mass is 246 g/mol. The van der Waals surface area contributed by atoms with Gasteiger partial charge in [-0.2, -0.15) is 0 Å². The number of ether oxygens (including phenoxy) is 1. The molecule has 2 N–H and O–H groups in total. The Morgan fingerprint density at radius 2 is 1.94 bits per heavy atom. The molecule has 0 spiro atoms. The predicted octanol–water partition coefficient (Wildman–Crippen LogP) is 0.0811. The number of morpholine rings is 1. The number of aromatic nitrogens is 4. The van der Waals surface area contributed by atoms with Gasteiger partial charge in [0, 0.05) is 25.5 Å². The molecule has 0 amide bonds. The third kappa shape index (κ3) is 1.88. The summed E-state index contributed by atoms with van der Waals surface area (Å²) in [5.41, 5.74) is 6.72. The van der Waals surface area contributed by atoms with Gasteiger partial charge in [-0.1, -0.05) is 0 Å². The summed E-state index contributed by atoms with van der Waals surface area (Å²) in [6.45, 7) is 2.99. The van der Waals surface area contributed by atoms with Crippen molar-refractivity contribution in [1.82, 2.24) is 19.5 Å². The zero-order valence-electron chi connectivity index (χ0n) is 9.86. The lowest BCUT2D eigenvalue weighted by Gasteiger charge is -2.28. The Bertz CT molecular complexity index is 520. The zero-order valence-corrected chi connectivity index (χ0v) is 9.86. The quantitative estimate of drug-likeness (QED) is 0.808. The van der Waals surface area contributed by atoms with Crippen LogP contribution >= 0.6 is 0 Å². The summed E-state index contributed by atoms with van der Waals surface area (Å²) >= 11 is 0. The molecule has 3 rings (SSSR count). The molecule has 18 heavy (non-hydrogen) atoms. The van der Waals surface area contributed by atoms with E-state index in [-0.39, 0.29) is 0 Å². The SMILES string of the molecule is Nc1c(N2CCOCC2)ncnc1-n1ccnc1. The van der Waals surface area contributed by atoms with Crippen LogP contribution in [0.25, 0.3) is 5.82 Å². The minimum Gasteiger partial charge on any atom is -0.393 e. The number of imidazole rings is 1. The molecule has 7 nitrogen and oxygen atoms in total. The lowest BCUT2D eigenvalue weighted by atomic mass is 10.3. The smallest absolute Gasteiger partial charge is 0.166 e. The van der Waals surface area contributed by atoms with E-state index in [2.05, 4.69) is 19.9 Å². The second kappa shape index (κ2) is 4.61. The highest BCUT2D eigenvalue weighted by Gasteiger charge is 2.18. The van der Waals surface area contributed by atoms with Crippen molar-refractivity contribution in [3.05, 3.63) is 25.0 Å². The number of nitrogen functional groups attached to an aromatic ring is 1. The predicted molar refractivity (Wildman–Crippen MR) is 66.6 cm³/mol. The van der Waals surface area contributed by atoms with E-state index >= 15 is 0 Å². The Labute approximate surface area is 104 Å². The van der Waals surface area contributed by atoms with E-state index in [9.17, 15) is 0 Å². The molecule has 0 unspecified atom stereocenters. The third-order valence-electron chi connectivity index (χ3n) is 2.90. The van der Waals surface area contributed by atoms with Gasteiger partial charge in [0.15, 0.2) is 11.6 Å². The van der Waals surface area contributed by atoms with Crippen molar-refractivity contribution in [1.29, 1.82) is 0 Å². The van der Waals surface area contributed by atoms with Gasteiger partial charge in [0.2, 0.25) is 0 Å². The van der Waals surface area contributed by atoms with Crippen LogP contribution in [0.3, 0.4) is 0 Å². The molecule has 0 aromatic carbocycles. The average molecular weight is 246 g/mol. The molecule has 0 atom stereocenters. The molecule has 0 radical (unpaired) electrons. The van der Waals surface area contributed by atoms with Crippen LogP contribution in [0.4, 0.5) is 11.5 Å². The molecule has 1 aliphatic rings. The number of anilines is 2. The van der Waals surface area contributed by atoms with Crippen molar-refractivity contribution in [3.8, 4) is 5.82 Å². The topological polar surface area (TPSA) is 82.1 Å². The molecule has 0 bridgehead atoms. The maximum Gasteiger partial charge on any atom is 0.166 e. The van der Waals surface area contributed by atoms with Crippen molar-refractivity contribution in [2.75, 3.05) is 36.9 Å². The summed E-state index contributed by atoms with van der Waals surface area (Å²) in [5.74, 6) is 1.42. The fourth-order valence-corrected chi connectivity index (χ4v) is 1.99. The van der Waals surface area contributed by atoms with Gasteiger partial charge in [-0.15, -0.1) is 0 Å². The van der Waals surface area contributed by atoms with E-state index in [1.165, 1.54) is 6.33 Å². The molecular formula is C11H14N6O. The Hall–Kier alpha value is -2.15. The number of rotatable bonds is 2. The maximum absolute atomic E-state index is 6.15. The molecule has 1 fully saturated rings. The van der Waals surface area contributed by atoms with E-state index < -0.39 is 0 Å². The highest BCUT2D eigenvalue weighted by atomic mass is 16.5. The van der Waals surface area contributed by atoms with Gasteiger partial charge in [0.05, 0.1) is 13.2 Å². The van der Waals surface area contributed by atoms with Crippen LogP contribution in [0.5, 0.6) is 0 Å². The summed E-state index contributed by atoms with van der Waals surface area (Å²) in [4.78, 5) is 14.6. The molecule has 2 aromatic heterocycles. The molecule has 94 valence electrons. The van der Waals surface area contributed by atoms with Gasteiger partial charge in [-0.05, 0) is 0 Å². The highest BCUT2D eigenvalue weighted by molar-refractivity contribution is 5.70. The minimum absolute atomic E-state index is 0.567. The van der Waals surface area contributed by atoms with Crippen LogP contribution in [0.2, 0.25) is 0 Å². The van der Waals surface area contributed by atoms with Gasteiger partial charge in [0.25, 0.3) is 0 Å². The largest absolute Gasteiger partial charge is 0.393 e. The molecule has 1 saturated heterocycles. The summed E-state index contributed by atoms with van der Waals surface area (Å²) in [5, 5.41) is 0. The zero-order chi connectivity index (χ0) is 12.4. The summed E-state index contributed by atoms with van der Waals surface area (Å²) in [6.07, 6.45) is 6.69. The number of nitrogens with zero attached hydrogens (tertiary/aromatic N) is 5. The molecule has 7 heteroatoms. The van der Waals surface area contributed by atoms with Crippen LogP contribution in [0, 0.1) is 0 Å². The van der Waals surface area contributed by atoms with Gasteiger partial charge < -0.3 is 15.4 Å². The number of nitrogens with two attached hydrogens (primary N) is 1. The van der Waals surface area contributed by atoms with Crippen molar-refractivity contribution < 1.29 is 4.74 Å². The van der Waals surface area contributed by atoms with Crippen molar-refractivity contribution in [3.63, 3.8) is 0 Å². The second-order valence-electron chi connectivity index (χ2n) is 4.00. The van der Waals surface area contributed by atoms with Crippen LogP contribution in [-0.4, -0.2) is 45.8 Å². The first-order valence-electron chi connectivity index (χ1n) is 5.78. The van der Waals surface area contributed by atoms with Crippen LogP contribution in [0.1, 0.15) is 0 Å². The van der Waals surface area contributed by atoms with E-state index in [1.54, 1.807) is 17.1 Å². The van der Waals surface area contributed by atoms with Gasteiger partial charge in [-0.3, -0.25) is 4.57 Å². The maximum atomic E-state index is 6.15. The number of hydrogen-bond acceptors (Lipinski definition) is 6. The Morgan fingerprint density at radius 1 is 1.17 bits per heavy atom.